The molecular weight excluding hydrogens is 955 g/mol. The number of unbranched alkanes of at least 4 members (excludes halogenated alkanes) is 25. The number of aliphatic hydroxyl groups excluding tert-OH is 5. The largest absolute Gasteiger partial charge is 0.454 e. The first kappa shape index (κ1) is 70.9. The number of carbonyl (C=O) groups excluding carboxylic acids is 2. The molecule has 6 N–H and O–H groups in total. The van der Waals surface area contributed by atoms with E-state index in [1.165, 1.54) is 116 Å². The van der Waals surface area contributed by atoms with E-state index in [9.17, 15) is 35.1 Å². The molecule has 0 spiro atoms. The third kappa shape index (κ3) is 40.1. The summed E-state index contributed by atoms with van der Waals surface area (Å²) in [6.45, 7) is 5.65. The van der Waals surface area contributed by atoms with Gasteiger partial charge in [0, 0.05) is 6.42 Å². The second-order valence-electron chi connectivity index (χ2n) is 21.1. The Balaban J connectivity index is 2.74. The minimum absolute atomic E-state index is 0.118. The van der Waals surface area contributed by atoms with Crippen molar-refractivity contribution < 1.29 is 49.3 Å². The summed E-state index contributed by atoms with van der Waals surface area (Å²) in [7, 11) is 0. The molecule has 0 saturated carbocycles. The van der Waals surface area contributed by atoms with Crippen molar-refractivity contribution in [3.8, 4) is 0 Å². The lowest BCUT2D eigenvalue weighted by molar-refractivity contribution is -0.305. The molecule has 1 fully saturated rings. The van der Waals surface area contributed by atoms with Gasteiger partial charge in [-0.25, -0.2) is 0 Å². The zero-order valence-corrected chi connectivity index (χ0v) is 48.3. The first-order chi connectivity index (χ1) is 37.2. The molecule has 76 heavy (non-hydrogen) atoms. The van der Waals surface area contributed by atoms with Crippen LogP contribution in [0.3, 0.4) is 0 Å². The van der Waals surface area contributed by atoms with E-state index in [1.807, 2.05) is 12.2 Å². The normalized spacial score (nSPS) is 19.7. The standard InChI is InChI=1S/C65H113NO10/c1-4-7-10-13-16-19-22-25-27-28-29-30-31-32-34-37-40-43-46-49-52-58(69)64(73)66-56(57(68)51-48-45-42-39-36-33-24-21-18-15-12-9-6-3)55-74-65-63(62(72)61(71)59(54-67)75-65)76-60(70)53-50-47-44-41-38-35-26-23-20-17-14-11-8-5-2/h7,10,16,19,25,27,29-30,32,34,40,43,48,51,56-59,61-63,65,67-69,71-72H,4-6,8-9,11-15,17-18,20-24,26,28,31,33,35-39,41-42,44-47,49-50,52-55H2,1-3H3,(H,66,73)/b10-7-,19-16-,27-25-,30-29-,34-32-,43-40-,51-48+. The number of esters is 1. The molecule has 1 aliphatic rings. The average molecular weight is 1070 g/mol. The number of hydrogen-bond donors (Lipinski definition) is 6. The van der Waals surface area contributed by atoms with Gasteiger partial charge in [-0.15, -0.1) is 0 Å². The number of carbonyl (C=O) groups is 2. The van der Waals surface area contributed by atoms with Gasteiger partial charge >= 0.3 is 5.97 Å². The molecule has 8 unspecified atom stereocenters. The van der Waals surface area contributed by atoms with E-state index in [-0.39, 0.29) is 19.4 Å². The van der Waals surface area contributed by atoms with Crippen LogP contribution in [-0.2, 0) is 23.8 Å². The highest BCUT2D eigenvalue weighted by Crippen LogP contribution is 2.26. The lowest BCUT2D eigenvalue weighted by atomic mass is 9.99. The molecule has 1 aliphatic heterocycles. The lowest BCUT2D eigenvalue weighted by Crippen LogP contribution is -2.61. The summed E-state index contributed by atoms with van der Waals surface area (Å²) >= 11 is 0. The molecule has 1 saturated heterocycles. The number of amides is 1. The van der Waals surface area contributed by atoms with Gasteiger partial charge in [-0.3, -0.25) is 9.59 Å². The van der Waals surface area contributed by atoms with Crippen LogP contribution in [0.15, 0.2) is 85.1 Å². The quantitative estimate of drug-likeness (QED) is 0.0195. The number of allylic oxidation sites excluding steroid dienone is 13. The van der Waals surface area contributed by atoms with Gasteiger partial charge in [-0.05, 0) is 77.0 Å². The minimum Gasteiger partial charge on any atom is -0.454 e. The van der Waals surface area contributed by atoms with Gasteiger partial charge in [0.1, 0.15) is 24.4 Å². The molecule has 1 heterocycles. The van der Waals surface area contributed by atoms with E-state index in [2.05, 4.69) is 92.9 Å². The summed E-state index contributed by atoms with van der Waals surface area (Å²) in [5.41, 5.74) is 0. The van der Waals surface area contributed by atoms with Crippen molar-refractivity contribution in [2.45, 2.75) is 301 Å². The predicted molar refractivity (Wildman–Crippen MR) is 315 cm³/mol. The monoisotopic (exact) mass is 1070 g/mol. The van der Waals surface area contributed by atoms with Crippen molar-refractivity contribution in [2.75, 3.05) is 13.2 Å². The van der Waals surface area contributed by atoms with Crippen LogP contribution in [0.2, 0.25) is 0 Å². The topological polar surface area (TPSA) is 175 Å². The van der Waals surface area contributed by atoms with Crippen molar-refractivity contribution in [2.24, 2.45) is 0 Å². The van der Waals surface area contributed by atoms with Crippen LogP contribution in [0.5, 0.6) is 0 Å². The molecule has 11 nitrogen and oxygen atoms in total. The molecular formula is C65H113NO10. The maximum Gasteiger partial charge on any atom is 0.306 e. The van der Waals surface area contributed by atoms with Crippen LogP contribution in [0.25, 0.3) is 0 Å². The molecule has 0 aromatic heterocycles. The Morgan fingerprint density at radius 1 is 0.526 bits per heavy atom. The zero-order valence-electron chi connectivity index (χ0n) is 48.3. The Bertz CT molecular complexity index is 1560. The van der Waals surface area contributed by atoms with Gasteiger partial charge in [0.05, 0.1) is 25.4 Å². The predicted octanol–water partition coefficient (Wildman–Crippen LogP) is 14.6. The van der Waals surface area contributed by atoms with Crippen molar-refractivity contribution in [1.82, 2.24) is 5.32 Å². The second-order valence-corrected chi connectivity index (χ2v) is 21.1. The molecule has 0 aromatic carbocycles. The average Bonchev–Trinajstić information content (AvgIpc) is 3.42. The fraction of sp³-hybridized carbons (Fsp3) is 0.754. The first-order valence-corrected chi connectivity index (χ1v) is 30.9. The highest BCUT2D eigenvalue weighted by molar-refractivity contribution is 5.80. The molecule has 11 heteroatoms. The summed E-state index contributed by atoms with van der Waals surface area (Å²) in [6, 6.07) is -1.05. The second kappa shape index (κ2) is 52.5. The molecule has 1 amide bonds. The van der Waals surface area contributed by atoms with Crippen molar-refractivity contribution >= 4 is 11.9 Å². The molecule has 0 bridgehead atoms. The minimum atomic E-state index is -1.62. The number of rotatable bonds is 51. The Hall–Kier alpha value is -3.16. The number of aliphatic hydroxyl groups is 5. The van der Waals surface area contributed by atoms with Gasteiger partial charge in [-0.1, -0.05) is 254 Å². The fourth-order valence-electron chi connectivity index (χ4n) is 9.19. The summed E-state index contributed by atoms with van der Waals surface area (Å²) in [4.78, 5) is 26.5. The summed E-state index contributed by atoms with van der Waals surface area (Å²) < 4.78 is 17.6. The molecule has 0 radical (unpaired) electrons. The number of nitrogens with one attached hydrogen (secondary N) is 1. The highest BCUT2D eigenvalue weighted by Gasteiger charge is 2.47. The Morgan fingerprint density at radius 3 is 1.41 bits per heavy atom. The van der Waals surface area contributed by atoms with Gasteiger partial charge in [-0.2, -0.15) is 0 Å². The summed E-state index contributed by atoms with van der Waals surface area (Å²) in [5.74, 6) is -1.24. The molecule has 0 aliphatic carbocycles. The number of ether oxygens (including phenoxy) is 3. The fourth-order valence-corrected chi connectivity index (χ4v) is 9.19. The van der Waals surface area contributed by atoms with Crippen LogP contribution >= 0.6 is 0 Å². The van der Waals surface area contributed by atoms with Gasteiger partial charge < -0.3 is 45.1 Å². The third-order valence-corrected chi connectivity index (χ3v) is 14.1. The van der Waals surface area contributed by atoms with Crippen molar-refractivity contribution in [3.63, 3.8) is 0 Å². The molecule has 8 atom stereocenters. The SMILES string of the molecule is CC/C=C\C/C=C\C/C=C\C/C=C\C/C=C\C/C=C\CCCC(O)C(=O)NC(COC1OC(CO)C(O)C(O)C1OC(=O)CCCCCCCCCCCCCCCC)C(O)/C=C/CCCCCCCCCCCCC. The van der Waals surface area contributed by atoms with Crippen molar-refractivity contribution in [1.29, 1.82) is 0 Å². The van der Waals surface area contributed by atoms with Gasteiger partial charge in [0.25, 0.3) is 0 Å². The van der Waals surface area contributed by atoms with Crippen LogP contribution in [-0.4, -0.2) is 99.6 Å². The van der Waals surface area contributed by atoms with E-state index in [0.717, 1.165) is 83.5 Å². The van der Waals surface area contributed by atoms with Gasteiger partial charge in [0.15, 0.2) is 12.4 Å². The smallest absolute Gasteiger partial charge is 0.306 e. The van der Waals surface area contributed by atoms with E-state index in [4.69, 9.17) is 14.2 Å². The van der Waals surface area contributed by atoms with Crippen molar-refractivity contribution in [3.05, 3.63) is 85.1 Å². The summed E-state index contributed by atoms with van der Waals surface area (Å²) in [5, 5.41) is 56.9. The maximum absolute atomic E-state index is 13.4. The molecule has 438 valence electrons. The summed E-state index contributed by atoms with van der Waals surface area (Å²) in [6.07, 6.45) is 57.6. The van der Waals surface area contributed by atoms with Crippen LogP contribution in [0, 0.1) is 0 Å². The Labute approximate surface area is 463 Å². The third-order valence-electron chi connectivity index (χ3n) is 14.1. The Morgan fingerprint density at radius 2 is 0.947 bits per heavy atom. The Kier molecular flexibility index (Phi) is 49.0. The van der Waals surface area contributed by atoms with Crippen LogP contribution in [0.1, 0.15) is 252 Å². The lowest BCUT2D eigenvalue weighted by Gasteiger charge is -2.41. The van der Waals surface area contributed by atoms with E-state index < -0.39 is 67.4 Å². The first-order valence-electron chi connectivity index (χ1n) is 30.9. The van der Waals surface area contributed by atoms with Crippen LogP contribution in [0.4, 0.5) is 0 Å². The molecule has 0 aromatic rings. The van der Waals surface area contributed by atoms with E-state index >= 15 is 0 Å². The zero-order chi connectivity index (χ0) is 55.4. The highest BCUT2D eigenvalue weighted by atomic mass is 16.7. The number of hydrogen-bond acceptors (Lipinski definition) is 10. The van der Waals surface area contributed by atoms with E-state index in [1.54, 1.807) is 6.08 Å². The van der Waals surface area contributed by atoms with Gasteiger partial charge in [0.2, 0.25) is 5.91 Å². The molecule has 1 rings (SSSR count). The maximum atomic E-state index is 13.4. The van der Waals surface area contributed by atoms with E-state index in [0.29, 0.717) is 19.3 Å². The van der Waals surface area contributed by atoms with Crippen LogP contribution < -0.4 is 5.32 Å².